The topological polar surface area (TPSA) is 85.6 Å². The number of aryl methyl sites for hydroxylation is 2. The van der Waals surface area contributed by atoms with Crippen LogP contribution in [0.5, 0.6) is 0 Å². The van der Waals surface area contributed by atoms with E-state index in [-0.39, 0.29) is 24.1 Å². The van der Waals surface area contributed by atoms with Gasteiger partial charge in [0.1, 0.15) is 11.9 Å². The van der Waals surface area contributed by atoms with Gasteiger partial charge in [-0.3, -0.25) is 4.79 Å². The summed E-state index contributed by atoms with van der Waals surface area (Å²) in [7, 11) is 1.31. The average Bonchev–Trinajstić information content (AvgIpc) is 3.15. The molecule has 2 aromatic heterocycles. The fourth-order valence-electron chi connectivity index (χ4n) is 3.59. The zero-order valence-corrected chi connectivity index (χ0v) is 18.4. The number of fused-ring (bicyclic) bond motifs is 1. The van der Waals surface area contributed by atoms with E-state index in [1.165, 1.54) is 19.2 Å². The van der Waals surface area contributed by atoms with Crippen LogP contribution in [0.1, 0.15) is 37.2 Å². The van der Waals surface area contributed by atoms with E-state index in [0.717, 1.165) is 17.0 Å². The van der Waals surface area contributed by atoms with E-state index in [1.54, 1.807) is 16.6 Å². The number of nitrogens with one attached hydrogen (secondary N) is 1. The molecule has 0 saturated carbocycles. The molecule has 8 heteroatoms. The fourth-order valence-corrected chi connectivity index (χ4v) is 3.59. The van der Waals surface area contributed by atoms with E-state index < -0.39 is 12.0 Å². The molecule has 1 aromatic carbocycles. The molecule has 1 amide bonds. The number of nitrogens with zero attached hydrogens (tertiary/aromatic N) is 3. The van der Waals surface area contributed by atoms with E-state index in [4.69, 9.17) is 4.74 Å². The number of methoxy groups -OCH3 is 1. The van der Waals surface area contributed by atoms with Crippen LogP contribution in [-0.2, 0) is 20.7 Å². The number of hydrogen-bond donors (Lipinski definition) is 1. The van der Waals surface area contributed by atoms with Gasteiger partial charge >= 0.3 is 5.97 Å². The number of ether oxygens (including phenoxy) is 1. The predicted molar refractivity (Wildman–Crippen MR) is 115 cm³/mol. The normalized spacial score (nSPS) is 12.2. The van der Waals surface area contributed by atoms with Crippen LogP contribution >= 0.6 is 0 Å². The van der Waals surface area contributed by atoms with Crippen LogP contribution in [0.15, 0.2) is 30.3 Å². The summed E-state index contributed by atoms with van der Waals surface area (Å²) in [5.41, 5.74) is 4.54. The van der Waals surface area contributed by atoms with Gasteiger partial charge in [-0.15, -0.1) is 0 Å². The number of rotatable bonds is 7. The number of amides is 1. The third-order valence-electron chi connectivity index (χ3n) is 5.32. The lowest BCUT2D eigenvalue weighted by molar-refractivity contribution is -0.146. The molecule has 1 N–H and O–H groups in total. The summed E-state index contributed by atoms with van der Waals surface area (Å²) in [5.74, 6) is -1.10. The Morgan fingerprint density at radius 1 is 1.23 bits per heavy atom. The lowest BCUT2D eigenvalue weighted by Crippen LogP contribution is -2.45. The van der Waals surface area contributed by atoms with Crippen LogP contribution in [0, 0.1) is 25.6 Å². The SMILES string of the molecule is COC(=O)[C@H](NC(=O)CCc1c(C)nc2cc(-c3cccc(F)c3)nn2c1C)C(C)C. The molecule has 1 atom stereocenters. The van der Waals surface area contributed by atoms with Gasteiger partial charge in [-0.05, 0) is 43.9 Å². The number of benzene rings is 1. The summed E-state index contributed by atoms with van der Waals surface area (Å²) >= 11 is 0. The first-order chi connectivity index (χ1) is 14.7. The van der Waals surface area contributed by atoms with Crippen LogP contribution in [0.3, 0.4) is 0 Å². The van der Waals surface area contributed by atoms with Crippen LogP contribution in [0.2, 0.25) is 0 Å². The van der Waals surface area contributed by atoms with E-state index in [2.05, 4.69) is 15.4 Å². The lowest BCUT2D eigenvalue weighted by atomic mass is 10.0. The smallest absolute Gasteiger partial charge is 0.328 e. The van der Waals surface area contributed by atoms with Crippen LogP contribution in [-0.4, -0.2) is 39.6 Å². The molecule has 2 heterocycles. The Labute approximate surface area is 180 Å². The van der Waals surface area contributed by atoms with Gasteiger partial charge in [-0.2, -0.15) is 5.10 Å². The Morgan fingerprint density at radius 2 is 1.97 bits per heavy atom. The highest BCUT2D eigenvalue weighted by Crippen LogP contribution is 2.23. The Bertz CT molecular complexity index is 1120. The summed E-state index contributed by atoms with van der Waals surface area (Å²) in [6.45, 7) is 7.51. The predicted octanol–water partition coefficient (Wildman–Crippen LogP) is 3.40. The number of halogens is 1. The molecule has 3 aromatic rings. The molecular weight excluding hydrogens is 399 g/mol. The van der Waals surface area contributed by atoms with Gasteiger partial charge in [-0.1, -0.05) is 26.0 Å². The Balaban J connectivity index is 1.81. The second kappa shape index (κ2) is 9.24. The quantitative estimate of drug-likeness (QED) is 0.586. The molecule has 164 valence electrons. The number of carbonyl (C=O) groups excluding carboxylic acids is 2. The first kappa shape index (κ1) is 22.4. The van der Waals surface area contributed by atoms with E-state index in [0.29, 0.717) is 23.3 Å². The van der Waals surface area contributed by atoms with Gasteiger partial charge in [-0.25, -0.2) is 18.7 Å². The molecule has 0 aliphatic carbocycles. The van der Waals surface area contributed by atoms with Gasteiger partial charge in [0.05, 0.1) is 12.8 Å². The fraction of sp³-hybridized carbons (Fsp3) is 0.391. The number of aromatic nitrogens is 3. The Hall–Kier alpha value is -3.29. The van der Waals surface area contributed by atoms with Gasteiger partial charge in [0.2, 0.25) is 5.91 Å². The van der Waals surface area contributed by atoms with Gasteiger partial charge in [0.25, 0.3) is 0 Å². The minimum absolute atomic E-state index is 0.0804. The number of carbonyl (C=O) groups is 2. The van der Waals surface area contributed by atoms with Crippen molar-refractivity contribution >= 4 is 17.5 Å². The maximum Gasteiger partial charge on any atom is 0.328 e. The van der Waals surface area contributed by atoms with Crippen molar-refractivity contribution in [2.45, 2.75) is 46.6 Å². The summed E-state index contributed by atoms with van der Waals surface area (Å²) in [6.07, 6.45) is 0.653. The van der Waals surface area contributed by atoms with Gasteiger partial charge < -0.3 is 10.1 Å². The second-order valence-electron chi connectivity index (χ2n) is 7.88. The first-order valence-corrected chi connectivity index (χ1v) is 10.2. The number of hydrogen-bond acceptors (Lipinski definition) is 5. The first-order valence-electron chi connectivity index (χ1n) is 10.2. The minimum Gasteiger partial charge on any atom is -0.467 e. The molecule has 0 radical (unpaired) electrons. The minimum atomic E-state index is -0.680. The molecule has 0 fully saturated rings. The highest BCUT2D eigenvalue weighted by molar-refractivity contribution is 5.84. The van der Waals surface area contributed by atoms with Crippen molar-refractivity contribution in [3.8, 4) is 11.3 Å². The van der Waals surface area contributed by atoms with Crippen LogP contribution in [0.4, 0.5) is 4.39 Å². The van der Waals surface area contributed by atoms with Gasteiger partial charge in [0, 0.05) is 29.4 Å². The third kappa shape index (κ3) is 4.90. The molecular formula is C23H27FN4O3. The zero-order valence-electron chi connectivity index (χ0n) is 18.4. The van der Waals surface area contributed by atoms with Crippen molar-refractivity contribution in [1.29, 1.82) is 0 Å². The van der Waals surface area contributed by atoms with Crippen molar-refractivity contribution < 1.29 is 18.7 Å². The van der Waals surface area contributed by atoms with Crippen molar-refractivity contribution in [3.63, 3.8) is 0 Å². The molecule has 0 spiro atoms. The molecule has 0 bridgehead atoms. The monoisotopic (exact) mass is 426 g/mol. The maximum absolute atomic E-state index is 13.6. The van der Waals surface area contributed by atoms with Crippen molar-refractivity contribution in [1.82, 2.24) is 19.9 Å². The summed E-state index contributed by atoms with van der Waals surface area (Å²) in [4.78, 5) is 29.0. The van der Waals surface area contributed by atoms with Crippen molar-refractivity contribution in [2.75, 3.05) is 7.11 Å². The van der Waals surface area contributed by atoms with E-state index >= 15 is 0 Å². The maximum atomic E-state index is 13.6. The van der Waals surface area contributed by atoms with Crippen molar-refractivity contribution in [2.24, 2.45) is 5.92 Å². The molecule has 0 aliphatic heterocycles. The third-order valence-corrected chi connectivity index (χ3v) is 5.32. The lowest BCUT2D eigenvalue weighted by Gasteiger charge is -2.20. The Morgan fingerprint density at radius 3 is 2.61 bits per heavy atom. The van der Waals surface area contributed by atoms with Gasteiger partial charge in [0.15, 0.2) is 5.65 Å². The zero-order chi connectivity index (χ0) is 22.7. The molecule has 7 nitrogen and oxygen atoms in total. The molecule has 0 saturated heterocycles. The molecule has 3 rings (SSSR count). The van der Waals surface area contributed by atoms with E-state index in [9.17, 15) is 14.0 Å². The molecule has 0 aliphatic rings. The highest BCUT2D eigenvalue weighted by Gasteiger charge is 2.25. The molecule has 31 heavy (non-hydrogen) atoms. The standard InChI is InChI=1S/C23H27FN4O3/c1-13(2)22(23(30)31-5)26-21(29)10-9-18-14(3)25-20-12-19(27-28(20)15(18)4)16-7-6-8-17(24)11-16/h6-8,11-13,22H,9-10H2,1-5H3,(H,26,29)/t22-/m1/s1. The number of esters is 1. The summed E-state index contributed by atoms with van der Waals surface area (Å²) in [6, 6.07) is 7.39. The Kier molecular flexibility index (Phi) is 6.68. The summed E-state index contributed by atoms with van der Waals surface area (Å²) < 4.78 is 20.1. The van der Waals surface area contributed by atoms with Crippen LogP contribution in [0.25, 0.3) is 16.9 Å². The summed E-state index contributed by atoms with van der Waals surface area (Å²) in [5, 5.41) is 7.34. The van der Waals surface area contributed by atoms with Crippen LogP contribution < -0.4 is 5.32 Å². The van der Waals surface area contributed by atoms with Crippen molar-refractivity contribution in [3.05, 3.63) is 53.1 Å². The molecule has 0 unspecified atom stereocenters. The largest absolute Gasteiger partial charge is 0.467 e. The second-order valence-corrected chi connectivity index (χ2v) is 7.88. The average molecular weight is 426 g/mol. The highest BCUT2D eigenvalue weighted by atomic mass is 19.1. The van der Waals surface area contributed by atoms with E-state index in [1.807, 2.05) is 33.8 Å².